The van der Waals surface area contributed by atoms with Crippen molar-refractivity contribution < 1.29 is 9.53 Å². The smallest absolute Gasteiger partial charge is 0.311 e. The van der Waals surface area contributed by atoms with Gasteiger partial charge in [-0.15, -0.1) is 0 Å². The zero-order valence-corrected chi connectivity index (χ0v) is 12.8. The van der Waals surface area contributed by atoms with Crippen LogP contribution in [0.15, 0.2) is 24.3 Å². The molecule has 0 aromatic rings. The average Bonchev–Trinajstić information content (AvgIpc) is 2.40. The minimum atomic E-state index is -0.436. The largest absolute Gasteiger partial charge is 0.469 e. The predicted octanol–water partition coefficient (Wildman–Crippen LogP) is 3.60. The first-order valence-electron chi connectivity index (χ1n) is 7.08. The number of nitrogens with two attached hydrogens (primary N) is 1. The summed E-state index contributed by atoms with van der Waals surface area (Å²) in [4.78, 5) is 11.5. The van der Waals surface area contributed by atoms with E-state index in [1.165, 1.54) is 7.11 Å². The maximum atomic E-state index is 11.5. The van der Waals surface area contributed by atoms with Crippen molar-refractivity contribution in [2.24, 2.45) is 11.1 Å². The third kappa shape index (κ3) is 8.60. The van der Waals surface area contributed by atoms with Crippen LogP contribution in [0.25, 0.3) is 0 Å². The number of hydrogen-bond donors (Lipinski definition) is 1. The number of esters is 1. The molecule has 0 heterocycles. The molecule has 0 saturated heterocycles. The third-order valence-corrected chi connectivity index (χ3v) is 3.16. The Kier molecular flexibility index (Phi) is 9.23. The summed E-state index contributed by atoms with van der Waals surface area (Å²) < 4.78 is 4.76. The Balaban J connectivity index is 3.78. The highest BCUT2D eigenvalue weighted by molar-refractivity contribution is 5.75. The summed E-state index contributed by atoms with van der Waals surface area (Å²) in [7, 11) is 1.43. The average molecular weight is 267 g/mol. The Labute approximate surface area is 117 Å². The summed E-state index contributed by atoms with van der Waals surface area (Å²) in [6, 6.07) is 0.285. The molecule has 1 atom stereocenters. The SMILES string of the molecule is CCC(N)CC=CCCC=CCC(C)(C)C(=O)OC. The van der Waals surface area contributed by atoms with Crippen LogP contribution < -0.4 is 5.73 Å². The van der Waals surface area contributed by atoms with Crippen molar-refractivity contribution >= 4 is 5.97 Å². The lowest BCUT2D eigenvalue weighted by atomic mass is 9.89. The molecule has 0 aliphatic heterocycles. The molecule has 3 nitrogen and oxygen atoms in total. The Morgan fingerprint density at radius 3 is 2.32 bits per heavy atom. The van der Waals surface area contributed by atoms with Crippen LogP contribution in [0.2, 0.25) is 0 Å². The molecule has 0 amide bonds. The first kappa shape index (κ1) is 17.9. The normalized spacial score (nSPS) is 14.2. The fourth-order valence-corrected chi connectivity index (χ4v) is 1.60. The number of methoxy groups -OCH3 is 1. The van der Waals surface area contributed by atoms with Gasteiger partial charge in [-0.05, 0) is 46.0 Å². The maximum Gasteiger partial charge on any atom is 0.311 e. The molecule has 1 unspecified atom stereocenters. The molecule has 2 N–H and O–H groups in total. The fourth-order valence-electron chi connectivity index (χ4n) is 1.60. The van der Waals surface area contributed by atoms with Crippen molar-refractivity contribution in [1.82, 2.24) is 0 Å². The molecular formula is C16H29NO2. The number of ether oxygens (including phenoxy) is 1. The van der Waals surface area contributed by atoms with Gasteiger partial charge < -0.3 is 10.5 Å². The molecular weight excluding hydrogens is 238 g/mol. The Morgan fingerprint density at radius 2 is 1.79 bits per heavy atom. The number of rotatable bonds is 9. The second-order valence-electron chi connectivity index (χ2n) is 5.50. The lowest BCUT2D eigenvalue weighted by Crippen LogP contribution is -2.24. The minimum absolute atomic E-state index is 0.161. The highest BCUT2D eigenvalue weighted by Gasteiger charge is 2.26. The van der Waals surface area contributed by atoms with Crippen LogP contribution in [-0.2, 0) is 9.53 Å². The van der Waals surface area contributed by atoms with Crippen LogP contribution in [0, 0.1) is 5.41 Å². The van der Waals surface area contributed by atoms with E-state index in [1.54, 1.807) is 0 Å². The molecule has 110 valence electrons. The predicted molar refractivity (Wildman–Crippen MR) is 80.8 cm³/mol. The van der Waals surface area contributed by atoms with Gasteiger partial charge in [-0.25, -0.2) is 0 Å². The van der Waals surface area contributed by atoms with Crippen molar-refractivity contribution in [3.05, 3.63) is 24.3 Å². The van der Waals surface area contributed by atoms with E-state index in [0.29, 0.717) is 6.42 Å². The van der Waals surface area contributed by atoms with Crippen LogP contribution in [0.1, 0.15) is 52.9 Å². The second-order valence-corrected chi connectivity index (χ2v) is 5.50. The fraction of sp³-hybridized carbons (Fsp3) is 0.688. The number of carbonyl (C=O) groups excluding carboxylic acids is 1. The number of hydrogen-bond acceptors (Lipinski definition) is 3. The van der Waals surface area contributed by atoms with E-state index >= 15 is 0 Å². The van der Waals surface area contributed by atoms with Gasteiger partial charge in [-0.1, -0.05) is 31.2 Å². The first-order chi connectivity index (χ1) is 8.94. The molecule has 0 fully saturated rings. The van der Waals surface area contributed by atoms with Crippen LogP contribution in [-0.4, -0.2) is 19.1 Å². The van der Waals surface area contributed by atoms with Gasteiger partial charge in [-0.3, -0.25) is 4.79 Å². The Bertz CT molecular complexity index is 306. The molecule has 0 aliphatic rings. The summed E-state index contributed by atoms with van der Waals surface area (Å²) >= 11 is 0. The van der Waals surface area contributed by atoms with Crippen molar-refractivity contribution in [2.45, 2.75) is 58.9 Å². The zero-order chi connectivity index (χ0) is 14.7. The van der Waals surface area contributed by atoms with E-state index in [1.807, 2.05) is 13.8 Å². The van der Waals surface area contributed by atoms with Crippen molar-refractivity contribution in [3.8, 4) is 0 Å². The summed E-state index contributed by atoms with van der Waals surface area (Å²) in [6.45, 7) is 5.90. The molecule has 0 rings (SSSR count). The van der Waals surface area contributed by atoms with Crippen molar-refractivity contribution in [1.29, 1.82) is 0 Å². The van der Waals surface area contributed by atoms with Gasteiger partial charge in [0.25, 0.3) is 0 Å². The van der Waals surface area contributed by atoms with E-state index < -0.39 is 5.41 Å². The Hall–Kier alpha value is -1.09. The molecule has 0 aromatic heterocycles. The summed E-state index contributed by atoms with van der Waals surface area (Å²) in [5.74, 6) is -0.161. The second kappa shape index (κ2) is 9.79. The topological polar surface area (TPSA) is 52.3 Å². The van der Waals surface area contributed by atoms with E-state index in [4.69, 9.17) is 10.5 Å². The van der Waals surface area contributed by atoms with Gasteiger partial charge in [0.15, 0.2) is 0 Å². The molecule has 0 aliphatic carbocycles. The highest BCUT2D eigenvalue weighted by Crippen LogP contribution is 2.22. The minimum Gasteiger partial charge on any atom is -0.469 e. The molecule has 0 saturated carbocycles. The van der Waals surface area contributed by atoms with Gasteiger partial charge in [0, 0.05) is 6.04 Å². The van der Waals surface area contributed by atoms with Gasteiger partial charge in [-0.2, -0.15) is 0 Å². The first-order valence-corrected chi connectivity index (χ1v) is 7.08. The van der Waals surface area contributed by atoms with Crippen molar-refractivity contribution in [3.63, 3.8) is 0 Å². The zero-order valence-electron chi connectivity index (χ0n) is 12.8. The molecule has 0 bridgehead atoms. The third-order valence-electron chi connectivity index (χ3n) is 3.16. The summed E-state index contributed by atoms with van der Waals surface area (Å²) in [5.41, 5.74) is 5.38. The van der Waals surface area contributed by atoms with E-state index in [-0.39, 0.29) is 12.0 Å². The number of unbranched alkanes of at least 4 members (excludes halogenated alkanes) is 1. The van der Waals surface area contributed by atoms with Gasteiger partial charge >= 0.3 is 5.97 Å². The van der Waals surface area contributed by atoms with E-state index in [9.17, 15) is 4.79 Å². The maximum absolute atomic E-state index is 11.5. The van der Waals surface area contributed by atoms with E-state index in [0.717, 1.165) is 25.7 Å². The van der Waals surface area contributed by atoms with Crippen LogP contribution >= 0.6 is 0 Å². The molecule has 0 aromatic carbocycles. The molecule has 0 radical (unpaired) electrons. The summed E-state index contributed by atoms with van der Waals surface area (Å²) in [5, 5.41) is 0. The van der Waals surface area contributed by atoms with Gasteiger partial charge in [0.2, 0.25) is 0 Å². The highest BCUT2D eigenvalue weighted by atomic mass is 16.5. The van der Waals surface area contributed by atoms with Crippen molar-refractivity contribution in [2.75, 3.05) is 7.11 Å². The Morgan fingerprint density at radius 1 is 1.21 bits per heavy atom. The molecule has 19 heavy (non-hydrogen) atoms. The lowest BCUT2D eigenvalue weighted by molar-refractivity contribution is -0.150. The standard InChI is InChI=1S/C16H29NO2/c1-5-14(17)12-10-8-6-7-9-11-13-16(2,3)15(18)19-4/h8-11,14H,5-7,12-13,17H2,1-4H3. The summed E-state index contributed by atoms with van der Waals surface area (Å²) in [6.07, 6.45) is 13.2. The van der Waals surface area contributed by atoms with Crippen LogP contribution in [0.4, 0.5) is 0 Å². The van der Waals surface area contributed by atoms with Crippen LogP contribution in [0.5, 0.6) is 0 Å². The van der Waals surface area contributed by atoms with Gasteiger partial charge in [0.05, 0.1) is 12.5 Å². The molecule has 0 spiro atoms. The quantitative estimate of drug-likeness (QED) is 0.394. The lowest BCUT2D eigenvalue weighted by Gasteiger charge is -2.18. The van der Waals surface area contributed by atoms with E-state index in [2.05, 4.69) is 31.2 Å². The van der Waals surface area contributed by atoms with Crippen LogP contribution in [0.3, 0.4) is 0 Å². The van der Waals surface area contributed by atoms with Gasteiger partial charge in [0.1, 0.15) is 0 Å². The molecule has 3 heteroatoms. The number of allylic oxidation sites excluding steroid dienone is 3. The monoisotopic (exact) mass is 267 g/mol. The number of carbonyl (C=O) groups is 1.